The molecule has 2 rings (SSSR count). The van der Waals surface area contributed by atoms with E-state index in [0.717, 1.165) is 5.69 Å². The Morgan fingerprint density at radius 1 is 1.37 bits per heavy atom. The van der Waals surface area contributed by atoms with Crippen LogP contribution in [-0.2, 0) is 9.59 Å². The molecule has 2 radical (unpaired) electrons. The highest BCUT2D eigenvalue weighted by atomic mass is 16.2. The van der Waals surface area contributed by atoms with E-state index in [2.05, 4.69) is 13.2 Å². The molecule has 1 atom stereocenters. The molecule has 0 saturated carbocycles. The van der Waals surface area contributed by atoms with Crippen LogP contribution in [0.3, 0.4) is 0 Å². The number of anilines is 1. The summed E-state index contributed by atoms with van der Waals surface area (Å²) in [5.74, 6) is 0.300. The van der Waals surface area contributed by atoms with Gasteiger partial charge in [0, 0.05) is 38.0 Å². The molecule has 0 aliphatic carbocycles. The van der Waals surface area contributed by atoms with Crippen LogP contribution in [0.1, 0.15) is 13.3 Å². The SMILES string of the molecule is CC(=O)NCC1CC(=O)N(c2ccccc2)C1.[B]C. The molecular weight excluding hydrogens is 239 g/mol. The van der Waals surface area contributed by atoms with Gasteiger partial charge in [-0.3, -0.25) is 9.59 Å². The predicted molar refractivity (Wildman–Crippen MR) is 77.2 cm³/mol. The van der Waals surface area contributed by atoms with Crippen molar-refractivity contribution < 1.29 is 9.59 Å². The average molecular weight is 258 g/mol. The molecule has 1 aliphatic rings. The van der Waals surface area contributed by atoms with Gasteiger partial charge in [-0.1, -0.05) is 25.0 Å². The Labute approximate surface area is 115 Å². The smallest absolute Gasteiger partial charge is 0.227 e. The lowest BCUT2D eigenvalue weighted by atomic mass is 10.1. The summed E-state index contributed by atoms with van der Waals surface area (Å²) in [7, 11) is 4.50. The van der Waals surface area contributed by atoms with Crippen LogP contribution in [0.5, 0.6) is 0 Å². The zero-order valence-corrected chi connectivity index (χ0v) is 11.4. The van der Waals surface area contributed by atoms with E-state index in [1.807, 2.05) is 30.3 Å². The van der Waals surface area contributed by atoms with Gasteiger partial charge in [-0.2, -0.15) is 0 Å². The highest BCUT2D eigenvalue weighted by Gasteiger charge is 2.30. The van der Waals surface area contributed by atoms with Crippen LogP contribution in [0.4, 0.5) is 5.69 Å². The van der Waals surface area contributed by atoms with E-state index in [4.69, 9.17) is 0 Å². The van der Waals surface area contributed by atoms with Gasteiger partial charge in [0.2, 0.25) is 11.8 Å². The highest BCUT2D eigenvalue weighted by Crippen LogP contribution is 2.24. The number of hydrogen-bond donors (Lipinski definition) is 1. The van der Waals surface area contributed by atoms with Crippen LogP contribution in [0.2, 0.25) is 6.82 Å². The number of amides is 2. The third kappa shape index (κ3) is 4.43. The molecule has 0 bridgehead atoms. The normalized spacial score (nSPS) is 17.7. The number of hydrogen-bond acceptors (Lipinski definition) is 2. The summed E-state index contributed by atoms with van der Waals surface area (Å²) in [6.45, 7) is 4.25. The van der Waals surface area contributed by atoms with Crippen LogP contribution < -0.4 is 10.2 Å². The van der Waals surface area contributed by atoms with E-state index in [9.17, 15) is 9.59 Å². The fraction of sp³-hybridized carbons (Fsp3) is 0.429. The maximum atomic E-state index is 11.8. The van der Waals surface area contributed by atoms with Crippen molar-refractivity contribution in [3.8, 4) is 0 Å². The molecule has 0 spiro atoms. The first kappa shape index (κ1) is 15.3. The second-order valence-corrected chi connectivity index (χ2v) is 4.35. The molecule has 1 fully saturated rings. The van der Waals surface area contributed by atoms with E-state index in [1.54, 1.807) is 4.90 Å². The highest BCUT2D eigenvalue weighted by molar-refractivity contribution is 6.05. The topological polar surface area (TPSA) is 49.4 Å². The summed E-state index contributed by atoms with van der Waals surface area (Å²) in [6.07, 6.45) is 0.509. The van der Waals surface area contributed by atoms with E-state index < -0.39 is 0 Å². The number of carbonyl (C=O) groups is 2. The fourth-order valence-corrected chi connectivity index (χ4v) is 2.06. The standard InChI is InChI=1S/C13H16N2O2.CH3B/c1-10(16)14-8-11-7-13(17)15(9-11)12-5-3-2-4-6-12;1-2/h2-6,11H,7-9H2,1H3,(H,14,16);1H3. The summed E-state index contributed by atoms with van der Waals surface area (Å²) in [6, 6.07) is 9.63. The maximum absolute atomic E-state index is 11.8. The van der Waals surface area contributed by atoms with Gasteiger partial charge >= 0.3 is 0 Å². The molecule has 1 aliphatic heterocycles. The van der Waals surface area contributed by atoms with Crippen molar-refractivity contribution in [3.63, 3.8) is 0 Å². The van der Waals surface area contributed by atoms with Crippen molar-refractivity contribution in [3.05, 3.63) is 30.3 Å². The lowest BCUT2D eigenvalue weighted by Gasteiger charge is -2.16. The molecule has 1 aromatic rings. The van der Waals surface area contributed by atoms with Crippen molar-refractivity contribution in [2.45, 2.75) is 20.2 Å². The van der Waals surface area contributed by atoms with Gasteiger partial charge in [0.1, 0.15) is 0 Å². The van der Waals surface area contributed by atoms with Crippen LogP contribution >= 0.6 is 0 Å². The molecule has 1 saturated heterocycles. The minimum atomic E-state index is -0.0457. The molecule has 1 unspecified atom stereocenters. The lowest BCUT2D eigenvalue weighted by molar-refractivity contribution is -0.120. The number of rotatable bonds is 3. The lowest BCUT2D eigenvalue weighted by Crippen LogP contribution is -2.29. The molecule has 1 N–H and O–H groups in total. The average Bonchev–Trinajstić information content (AvgIpc) is 2.81. The molecule has 100 valence electrons. The Balaban J connectivity index is 0.000000861. The first-order valence-electron chi connectivity index (χ1n) is 6.34. The van der Waals surface area contributed by atoms with E-state index >= 15 is 0 Å². The summed E-state index contributed by atoms with van der Waals surface area (Å²) >= 11 is 0. The van der Waals surface area contributed by atoms with Crippen LogP contribution in [0, 0.1) is 5.92 Å². The molecule has 2 amide bonds. The third-order valence-corrected chi connectivity index (χ3v) is 2.91. The second-order valence-electron chi connectivity index (χ2n) is 4.35. The number of nitrogens with one attached hydrogen (secondary N) is 1. The van der Waals surface area contributed by atoms with Crippen LogP contribution in [0.15, 0.2) is 30.3 Å². The zero-order chi connectivity index (χ0) is 14.3. The van der Waals surface area contributed by atoms with E-state index in [0.29, 0.717) is 19.5 Å². The van der Waals surface area contributed by atoms with Crippen molar-refractivity contribution in [1.29, 1.82) is 0 Å². The van der Waals surface area contributed by atoms with E-state index in [-0.39, 0.29) is 17.7 Å². The first-order valence-corrected chi connectivity index (χ1v) is 6.34. The monoisotopic (exact) mass is 258 g/mol. The fourth-order valence-electron chi connectivity index (χ4n) is 2.06. The Morgan fingerprint density at radius 2 is 2.00 bits per heavy atom. The van der Waals surface area contributed by atoms with Gasteiger partial charge in [0.25, 0.3) is 0 Å². The molecule has 0 aromatic heterocycles. The minimum absolute atomic E-state index is 0.0457. The summed E-state index contributed by atoms with van der Waals surface area (Å²) < 4.78 is 0. The molecule has 19 heavy (non-hydrogen) atoms. The maximum Gasteiger partial charge on any atom is 0.227 e. The molecule has 5 heteroatoms. The van der Waals surface area contributed by atoms with Gasteiger partial charge < -0.3 is 10.2 Å². The molecule has 1 heterocycles. The molecular formula is C14H19BN2O2. The van der Waals surface area contributed by atoms with Crippen LogP contribution in [-0.4, -0.2) is 32.8 Å². The van der Waals surface area contributed by atoms with Gasteiger partial charge in [-0.15, -0.1) is 0 Å². The molecule has 1 aromatic carbocycles. The van der Waals surface area contributed by atoms with Gasteiger partial charge in [-0.05, 0) is 12.1 Å². The summed E-state index contributed by atoms with van der Waals surface area (Å²) in [5, 5.41) is 2.76. The van der Waals surface area contributed by atoms with Crippen molar-refractivity contribution >= 4 is 25.3 Å². The summed E-state index contributed by atoms with van der Waals surface area (Å²) in [4.78, 5) is 24.5. The van der Waals surface area contributed by atoms with Crippen molar-refractivity contribution in [2.24, 2.45) is 5.92 Å². The number of nitrogens with zero attached hydrogens (tertiary/aromatic N) is 1. The van der Waals surface area contributed by atoms with Gasteiger partial charge in [-0.25, -0.2) is 0 Å². The number of benzene rings is 1. The minimum Gasteiger partial charge on any atom is -0.356 e. The summed E-state index contributed by atoms with van der Waals surface area (Å²) in [5.41, 5.74) is 0.933. The zero-order valence-electron chi connectivity index (χ0n) is 11.4. The number of para-hydroxylation sites is 1. The van der Waals surface area contributed by atoms with Crippen molar-refractivity contribution in [1.82, 2.24) is 5.32 Å². The van der Waals surface area contributed by atoms with Crippen molar-refractivity contribution in [2.75, 3.05) is 18.0 Å². The van der Waals surface area contributed by atoms with Gasteiger partial charge in [0.15, 0.2) is 0 Å². The van der Waals surface area contributed by atoms with Crippen LogP contribution in [0.25, 0.3) is 0 Å². The van der Waals surface area contributed by atoms with Gasteiger partial charge in [0.05, 0.1) is 7.85 Å². The largest absolute Gasteiger partial charge is 0.356 e. The van der Waals surface area contributed by atoms with E-state index in [1.165, 1.54) is 13.7 Å². The Kier molecular flexibility index (Phi) is 6.12. The Bertz CT molecular complexity index is 423. The predicted octanol–water partition coefficient (Wildman–Crippen LogP) is 1.38. The Morgan fingerprint density at radius 3 is 2.58 bits per heavy atom. The first-order chi connectivity index (χ1) is 9.16. The molecule has 4 nitrogen and oxygen atoms in total. The third-order valence-electron chi connectivity index (χ3n) is 2.91. The second kappa shape index (κ2) is 7.61. The number of carbonyl (C=O) groups excluding carboxylic acids is 2. The Hall–Kier alpha value is -1.78. The quantitative estimate of drug-likeness (QED) is 0.832.